The van der Waals surface area contributed by atoms with Crippen LogP contribution >= 0.6 is 0 Å². The first kappa shape index (κ1) is 25.0. The first-order chi connectivity index (χ1) is 17.8. The van der Waals surface area contributed by atoms with Crippen molar-refractivity contribution in [2.45, 2.75) is 53.1 Å². The van der Waals surface area contributed by atoms with Crippen molar-refractivity contribution < 1.29 is 4.79 Å². The van der Waals surface area contributed by atoms with E-state index in [0.29, 0.717) is 11.1 Å². The molecule has 3 heterocycles. The van der Waals surface area contributed by atoms with E-state index < -0.39 is 6.04 Å². The summed E-state index contributed by atoms with van der Waals surface area (Å²) in [5.74, 6) is 0.697. The number of nitrogens with one attached hydrogen (secondary N) is 1. The van der Waals surface area contributed by atoms with Gasteiger partial charge in [-0.05, 0) is 82.4 Å². The summed E-state index contributed by atoms with van der Waals surface area (Å²) >= 11 is 0. The van der Waals surface area contributed by atoms with Crippen LogP contribution in [0, 0.1) is 19.8 Å². The van der Waals surface area contributed by atoms with E-state index in [-0.39, 0.29) is 11.5 Å². The van der Waals surface area contributed by atoms with Crippen LogP contribution in [-0.4, -0.2) is 38.2 Å². The lowest BCUT2D eigenvalue weighted by atomic mass is 9.99. The lowest BCUT2D eigenvalue weighted by Gasteiger charge is -2.30. The van der Waals surface area contributed by atoms with Gasteiger partial charge in [-0.1, -0.05) is 37.3 Å². The molecule has 0 spiro atoms. The number of carbonyl (C=O) groups is 1. The smallest absolute Gasteiger partial charge is 0.281 e. The third-order valence-corrected chi connectivity index (χ3v) is 7.72. The Morgan fingerprint density at radius 2 is 1.70 bits per heavy atom. The number of nitrogens with zero attached hydrogens (tertiary/aromatic N) is 4. The highest BCUT2D eigenvalue weighted by molar-refractivity contribution is 5.95. The minimum atomic E-state index is -0.494. The SMILES string of the molecule is Cc1c2cnn(-c3ccccc3)c(=O)c2c(C)n1C(C)C(=O)Nc1ccc(CN2CCC(C)CC2)cc1. The molecule has 1 atom stereocenters. The molecule has 2 aromatic heterocycles. The zero-order valence-electron chi connectivity index (χ0n) is 22.1. The third kappa shape index (κ3) is 4.96. The maximum absolute atomic E-state index is 13.4. The number of hydrogen-bond acceptors (Lipinski definition) is 4. The van der Waals surface area contributed by atoms with Crippen LogP contribution in [0.3, 0.4) is 0 Å². The van der Waals surface area contributed by atoms with E-state index in [1.807, 2.05) is 67.8 Å². The van der Waals surface area contributed by atoms with Crippen molar-refractivity contribution in [3.63, 3.8) is 0 Å². The first-order valence-corrected chi connectivity index (χ1v) is 13.1. The number of rotatable bonds is 6. The van der Waals surface area contributed by atoms with E-state index in [0.717, 1.165) is 48.0 Å². The minimum absolute atomic E-state index is 0.124. The second-order valence-corrected chi connectivity index (χ2v) is 10.3. The fourth-order valence-electron chi connectivity index (χ4n) is 5.45. The number of hydrogen-bond donors (Lipinski definition) is 1. The summed E-state index contributed by atoms with van der Waals surface area (Å²) in [6, 6.07) is 17.0. The van der Waals surface area contributed by atoms with Gasteiger partial charge in [-0.3, -0.25) is 14.5 Å². The molecule has 7 heteroatoms. The molecule has 1 amide bonds. The molecule has 1 aliphatic heterocycles. The molecule has 37 heavy (non-hydrogen) atoms. The molecule has 0 saturated carbocycles. The molecule has 4 aromatic rings. The predicted octanol–water partition coefficient (Wildman–Crippen LogP) is 5.24. The van der Waals surface area contributed by atoms with Gasteiger partial charge < -0.3 is 9.88 Å². The molecule has 1 unspecified atom stereocenters. The van der Waals surface area contributed by atoms with Crippen LogP contribution in [0.25, 0.3) is 16.5 Å². The fraction of sp³-hybridized carbons (Fsp3) is 0.367. The van der Waals surface area contributed by atoms with Crippen molar-refractivity contribution in [1.82, 2.24) is 19.2 Å². The first-order valence-electron chi connectivity index (χ1n) is 13.1. The second kappa shape index (κ2) is 10.3. The van der Waals surface area contributed by atoms with Gasteiger partial charge >= 0.3 is 0 Å². The maximum Gasteiger partial charge on any atom is 0.281 e. The number of carbonyl (C=O) groups excluding carboxylic acids is 1. The zero-order valence-corrected chi connectivity index (χ0v) is 22.1. The normalized spacial score (nSPS) is 15.7. The number of amides is 1. The molecule has 0 bridgehead atoms. The number of likely N-dealkylation sites (tertiary alicyclic amines) is 1. The molecule has 7 nitrogen and oxygen atoms in total. The van der Waals surface area contributed by atoms with Crippen molar-refractivity contribution in [1.29, 1.82) is 0 Å². The highest BCUT2D eigenvalue weighted by Crippen LogP contribution is 2.27. The molecule has 1 saturated heterocycles. The van der Waals surface area contributed by atoms with Crippen LogP contribution in [0.5, 0.6) is 0 Å². The van der Waals surface area contributed by atoms with Crippen molar-refractivity contribution in [2.24, 2.45) is 5.92 Å². The van der Waals surface area contributed by atoms with E-state index in [1.165, 1.54) is 23.1 Å². The third-order valence-electron chi connectivity index (χ3n) is 7.72. The monoisotopic (exact) mass is 497 g/mol. The Bertz CT molecular complexity index is 1460. The van der Waals surface area contributed by atoms with Gasteiger partial charge in [0, 0.05) is 29.0 Å². The molecule has 2 aromatic carbocycles. The van der Waals surface area contributed by atoms with Gasteiger partial charge in [0.15, 0.2) is 0 Å². The Balaban J connectivity index is 1.34. The van der Waals surface area contributed by atoms with E-state index in [2.05, 4.69) is 34.4 Å². The number of anilines is 1. The molecule has 5 rings (SSSR count). The molecule has 0 radical (unpaired) electrons. The fourth-order valence-corrected chi connectivity index (χ4v) is 5.45. The van der Waals surface area contributed by atoms with Gasteiger partial charge in [-0.15, -0.1) is 0 Å². The summed E-state index contributed by atoms with van der Waals surface area (Å²) in [7, 11) is 0. The van der Waals surface area contributed by atoms with Crippen LogP contribution < -0.4 is 10.9 Å². The Kier molecular flexibility index (Phi) is 6.98. The van der Waals surface area contributed by atoms with Gasteiger partial charge in [0.2, 0.25) is 5.91 Å². The number of aromatic nitrogens is 3. The summed E-state index contributed by atoms with van der Waals surface area (Å²) in [4.78, 5) is 29.1. The zero-order chi connectivity index (χ0) is 26.1. The summed E-state index contributed by atoms with van der Waals surface area (Å²) in [5, 5.41) is 8.82. The number of fused-ring (bicyclic) bond motifs is 1. The van der Waals surface area contributed by atoms with E-state index in [4.69, 9.17) is 0 Å². The summed E-state index contributed by atoms with van der Waals surface area (Å²) in [6.07, 6.45) is 4.24. The topological polar surface area (TPSA) is 72.2 Å². The Labute approximate surface area is 217 Å². The molecular formula is C30H35N5O2. The van der Waals surface area contributed by atoms with Crippen molar-refractivity contribution in [2.75, 3.05) is 18.4 Å². The molecular weight excluding hydrogens is 462 g/mol. The van der Waals surface area contributed by atoms with Gasteiger partial charge in [-0.25, -0.2) is 0 Å². The van der Waals surface area contributed by atoms with E-state index >= 15 is 0 Å². The maximum atomic E-state index is 13.4. The Morgan fingerprint density at radius 1 is 1.03 bits per heavy atom. The average molecular weight is 498 g/mol. The minimum Gasteiger partial charge on any atom is -0.336 e. The molecule has 192 valence electrons. The van der Waals surface area contributed by atoms with Crippen LogP contribution in [0.2, 0.25) is 0 Å². The van der Waals surface area contributed by atoms with Gasteiger partial charge in [-0.2, -0.15) is 9.78 Å². The Hall–Kier alpha value is -3.71. The van der Waals surface area contributed by atoms with Crippen LogP contribution in [0.15, 0.2) is 65.6 Å². The van der Waals surface area contributed by atoms with Gasteiger partial charge in [0.1, 0.15) is 6.04 Å². The van der Waals surface area contributed by atoms with Gasteiger partial charge in [0.05, 0.1) is 17.3 Å². The molecule has 1 fully saturated rings. The van der Waals surface area contributed by atoms with Crippen LogP contribution in [-0.2, 0) is 11.3 Å². The summed E-state index contributed by atoms with van der Waals surface area (Å²) < 4.78 is 3.35. The summed E-state index contributed by atoms with van der Waals surface area (Å²) in [5.41, 5.74) is 4.17. The molecule has 1 aliphatic rings. The average Bonchev–Trinajstić information content (AvgIpc) is 3.16. The number of benzene rings is 2. The van der Waals surface area contributed by atoms with Crippen molar-refractivity contribution >= 4 is 22.4 Å². The number of para-hydroxylation sites is 1. The Morgan fingerprint density at radius 3 is 2.38 bits per heavy atom. The van der Waals surface area contributed by atoms with Crippen molar-refractivity contribution in [3.05, 3.63) is 88.1 Å². The predicted molar refractivity (Wildman–Crippen MR) is 148 cm³/mol. The molecule has 0 aliphatic carbocycles. The standard InChI is InChI=1S/C30H35N5O2/c1-20-14-16-33(17-15-20)19-24-10-12-25(13-11-24)32-29(36)23(4)34-21(2)27-18-31-35(26-8-6-5-7-9-26)30(37)28(27)22(34)3/h5-13,18,20,23H,14-17,19H2,1-4H3,(H,32,36). The number of piperidine rings is 1. The lowest BCUT2D eigenvalue weighted by molar-refractivity contribution is -0.118. The van der Waals surface area contributed by atoms with Gasteiger partial charge in [0.25, 0.3) is 5.56 Å². The second-order valence-electron chi connectivity index (χ2n) is 10.3. The quantitative estimate of drug-likeness (QED) is 0.396. The van der Waals surface area contributed by atoms with E-state index in [1.54, 1.807) is 6.20 Å². The molecule has 1 N–H and O–H groups in total. The van der Waals surface area contributed by atoms with Crippen LogP contribution in [0.1, 0.15) is 49.7 Å². The number of aryl methyl sites for hydroxylation is 2. The highest BCUT2D eigenvalue weighted by Gasteiger charge is 2.24. The largest absolute Gasteiger partial charge is 0.336 e. The van der Waals surface area contributed by atoms with Crippen molar-refractivity contribution in [3.8, 4) is 5.69 Å². The summed E-state index contributed by atoms with van der Waals surface area (Å²) in [6.45, 7) is 11.3. The van der Waals surface area contributed by atoms with E-state index in [9.17, 15) is 9.59 Å². The lowest BCUT2D eigenvalue weighted by Crippen LogP contribution is -2.32. The van der Waals surface area contributed by atoms with Crippen LogP contribution in [0.4, 0.5) is 5.69 Å². The highest BCUT2D eigenvalue weighted by atomic mass is 16.2.